The number of amides is 1. The molecule has 0 unspecified atom stereocenters. The molecule has 1 aromatic heterocycles. The van der Waals surface area contributed by atoms with E-state index in [-0.39, 0.29) is 12.5 Å². The summed E-state index contributed by atoms with van der Waals surface area (Å²) in [6.45, 7) is 4.66. The predicted octanol–water partition coefficient (Wildman–Crippen LogP) is 0.471. The van der Waals surface area contributed by atoms with Crippen molar-refractivity contribution in [2.45, 2.75) is 13.5 Å². The molecule has 0 atom stereocenters. The molecule has 2 heterocycles. The van der Waals surface area contributed by atoms with E-state index in [9.17, 15) is 4.79 Å². The molecule has 1 aliphatic rings. The van der Waals surface area contributed by atoms with Crippen LogP contribution >= 0.6 is 0 Å². The van der Waals surface area contributed by atoms with Crippen LogP contribution in [0.5, 0.6) is 0 Å². The van der Waals surface area contributed by atoms with Gasteiger partial charge in [-0.1, -0.05) is 0 Å². The van der Waals surface area contributed by atoms with Gasteiger partial charge in [0.15, 0.2) is 0 Å². The number of likely N-dealkylation sites (tertiary alicyclic amines) is 1. The van der Waals surface area contributed by atoms with Gasteiger partial charge in [-0.05, 0) is 19.1 Å². The second-order valence-corrected chi connectivity index (χ2v) is 5.00. The van der Waals surface area contributed by atoms with Crippen LogP contribution in [0.2, 0.25) is 0 Å². The molecule has 1 N–H and O–H groups in total. The Morgan fingerprint density at radius 2 is 2.28 bits per heavy atom. The molecule has 1 aliphatic heterocycles. The van der Waals surface area contributed by atoms with Crippen LogP contribution in [0, 0.1) is 12.8 Å². The average molecular weight is 252 g/mol. The molecular weight excluding hydrogens is 232 g/mol. The Morgan fingerprint density at radius 3 is 2.83 bits per heavy atom. The summed E-state index contributed by atoms with van der Waals surface area (Å²) in [6.07, 6.45) is 0. The Balaban J connectivity index is 1.75. The van der Waals surface area contributed by atoms with Gasteiger partial charge in [-0.15, -0.1) is 0 Å². The molecule has 0 radical (unpaired) electrons. The number of aliphatic hydroxyl groups is 1. The first-order chi connectivity index (χ1) is 8.58. The highest BCUT2D eigenvalue weighted by Gasteiger charge is 2.28. The number of carbonyl (C=O) groups excluding carboxylic acids is 1. The lowest BCUT2D eigenvalue weighted by Gasteiger charge is -2.38. The van der Waals surface area contributed by atoms with Gasteiger partial charge in [0.2, 0.25) is 5.91 Å². The van der Waals surface area contributed by atoms with Crippen molar-refractivity contribution in [2.24, 2.45) is 5.92 Å². The third-order valence-corrected chi connectivity index (χ3v) is 3.26. The molecule has 1 aromatic rings. The average Bonchev–Trinajstić information content (AvgIpc) is 2.68. The van der Waals surface area contributed by atoms with E-state index in [1.165, 1.54) is 0 Å². The summed E-state index contributed by atoms with van der Waals surface area (Å²) in [4.78, 5) is 15.7. The molecule has 0 aromatic carbocycles. The lowest BCUT2D eigenvalue weighted by molar-refractivity contribution is -0.133. The Morgan fingerprint density at radius 1 is 1.56 bits per heavy atom. The zero-order valence-corrected chi connectivity index (χ0v) is 10.9. The molecule has 5 heteroatoms. The maximum atomic E-state index is 11.9. The van der Waals surface area contributed by atoms with E-state index in [1.54, 1.807) is 11.9 Å². The quantitative estimate of drug-likeness (QED) is 0.827. The zero-order valence-electron chi connectivity index (χ0n) is 10.9. The molecular formula is C13H20N2O3. The lowest BCUT2D eigenvalue weighted by atomic mass is 10.0. The fourth-order valence-electron chi connectivity index (χ4n) is 2.13. The minimum absolute atomic E-state index is 0.0837. The first-order valence-electron chi connectivity index (χ1n) is 6.21. The largest absolute Gasteiger partial charge is 0.464 e. The minimum atomic E-state index is 0.0837. The SMILES string of the molecule is Cc1ccc(CN(C)C(=O)CN2CC(CO)C2)o1. The highest BCUT2D eigenvalue weighted by Crippen LogP contribution is 2.15. The van der Waals surface area contributed by atoms with Crippen molar-refractivity contribution in [2.75, 3.05) is 33.3 Å². The third-order valence-electron chi connectivity index (χ3n) is 3.26. The third kappa shape index (κ3) is 3.11. The van der Waals surface area contributed by atoms with E-state index < -0.39 is 0 Å². The lowest BCUT2D eigenvalue weighted by Crippen LogP contribution is -2.52. The molecule has 1 saturated heterocycles. The summed E-state index contributed by atoms with van der Waals surface area (Å²) in [5.74, 6) is 2.09. The number of hydrogen-bond acceptors (Lipinski definition) is 4. The highest BCUT2D eigenvalue weighted by molar-refractivity contribution is 5.78. The number of aliphatic hydroxyl groups excluding tert-OH is 1. The molecule has 2 rings (SSSR count). The maximum absolute atomic E-state index is 11.9. The Labute approximate surface area is 107 Å². The standard InChI is InChI=1S/C13H20N2O3/c1-10-3-4-12(18-10)7-14(2)13(17)8-15-5-11(6-15)9-16/h3-4,11,16H,5-9H2,1-2H3. The summed E-state index contributed by atoms with van der Waals surface area (Å²) in [5.41, 5.74) is 0. The van der Waals surface area contributed by atoms with E-state index in [1.807, 2.05) is 24.0 Å². The van der Waals surface area contributed by atoms with Gasteiger partial charge in [-0.25, -0.2) is 0 Å². The second kappa shape index (κ2) is 5.54. The van der Waals surface area contributed by atoms with Crippen LogP contribution in [0.4, 0.5) is 0 Å². The van der Waals surface area contributed by atoms with Crippen LogP contribution in [0.3, 0.4) is 0 Å². The molecule has 0 bridgehead atoms. The van der Waals surface area contributed by atoms with Gasteiger partial charge < -0.3 is 14.4 Å². The van der Waals surface area contributed by atoms with Crippen molar-refractivity contribution in [3.63, 3.8) is 0 Å². The predicted molar refractivity (Wildman–Crippen MR) is 66.9 cm³/mol. The number of rotatable bonds is 5. The van der Waals surface area contributed by atoms with Crippen LogP contribution in [0.15, 0.2) is 16.5 Å². The number of carbonyl (C=O) groups is 1. The van der Waals surface area contributed by atoms with Gasteiger partial charge in [0.1, 0.15) is 11.5 Å². The van der Waals surface area contributed by atoms with Gasteiger partial charge in [0.25, 0.3) is 0 Å². The number of hydrogen-bond donors (Lipinski definition) is 1. The summed E-state index contributed by atoms with van der Waals surface area (Å²) in [6, 6.07) is 3.79. The molecule has 100 valence electrons. The number of nitrogens with zero attached hydrogens (tertiary/aromatic N) is 2. The molecule has 18 heavy (non-hydrogen) atoms. The van der Waals surface area contributed by atoms with Crippen molar-refractivity contribution in [3.8, 4) is 0 Å². The normalized spacial score (nSPS) is 16.6. The summed E-state index contributed by atoms with van der Waals surface area (Å²) < 4.78 is 5.44. The number of furan rings is 1. The summed E-state index contributed by atoms with van der Waals surface area (Å²) in [7, 11) is 1.78. The van der Waals surface area contributed by atoms with Crippen molar-refractivity contribution in [1.29, 1.82) is 0 Å². The van der Waals surface area contributed by atoms with E-state index in [0.29, 0.717) is 19.0 Å². The first kappa shape index (κ1) is 13.1. The van der Waals surface area contributed by atoms with Crippen molar-refractivity contribution in [3.05, 3.63) is 23.7 Å². The van der Waals surface area contributed by atoms with Gasteiger partial charge in [0, 0.05) is 32.7 Å². The Hall–Kier alpha value is -1.33. The van der Waals surface area contributed by atoms with Gasteiger partial charge >= 0.3 is 0 Å². The highest BCUT2D eigenvalue weighted by atomic mass is 16.3. The molecule has 0 spiro atoms. The zero-order chi connectivity index (χ0) is 13.1. The topological polar surface area (TPSA) is 56.9 Å². The monoisotopic (exact) mass is 252 g/mol. The first-order valence-corrected chi connectivity index (χ1v) is 6.21. The van der Waals surface area contributed by atoms with E-state index in [2.05, 4.69) is 0 Å². The van der Waals surface area contributed by atoms with Gasteiger partial charge in [0.05, 0.1) is 13.1 Å². The number of likely N-dealkylation sites (N-methyl/N-ethyl adjacent to an activating group) is 1. The number of aryl methyl sites for hydroxylation is 1. The van der Waals surface area contributed by atoms with Crippen LogP contribution in [0.1, 0.15) is 11.5 Å². The summed E-state index contributed by atoms with van der Waals surface area (Å²) >= 11 is 0. The van der Waals surface area contributed by atoms with Crippen molar-refractivity contribution in [1.82, 2.24) is 9.80 Å². The molecule has 0 aliphatic carbocycles. The van der Waals surface area contributed by atoms with E-state index >= 15 is 0 Å². The minimum Gasteiger partial charge on any atom is -0.464 e. The molecule has 1 amide bonds. The van der Waals surface area contributed by atoms with Crippen LogP contribution in [-0.2, 0) is 11.3 Å². The Kier molecular flexibility index (Phi) is 4.04. The molecule has 0 saturated carbocycles. The van der Waals surface area contributed by atoms with Crippen LogP contribution in [-0.4, -0.2) is 54.1 Å². The summed E-state index contributed by atoms with van der Waals surface area (Å²) in [5, 5.41) is 8.91. The fourth-order valence-corrected chi connectivity index (χ4v) is 2.13. The fraction of sp³-hybridized carbons (Fsp3) is 0.615. The second-order valence-electron chi connectivity index (χ2n) is 5.00. The molecule has 5 nitrogen and oxygen atoms in total. The van der Waals surface area contributed by atoms with Crippen molar-refractivity contribution < 1.29 is 14.3 Å². The van der Waals surface area contributed by atoms with Gasteiger partial charge in [-0.2, -0.15) is 0 Å². The van der Waals surface area contributed by atoms with E-state index in [0.717, 1.165) is 24.6 Å². The van der Waals surface area contributed by atoms with Crippen LogP contribution < -0.4 is 0 Å². The molecule has 1 fully saturated rings. The van der Waals surface area contributed by atoms with Gasteiger partial charge in [-0.3, -0.25) is 9.69 Å². The van der Waals surface area contributed by atoms with Crippen LogP contribution in [0.25, 0.3) is 0 Å². The maximum Gasteiger partial charge on any atom is 0.236 e. The Bertz CT molecular complexity index is 410. The van der Waals surface area contributed by atoms with E-state index in [4.69, 9.17) is 9.52 Å². The van der Waals surface area contributed by atoms with Crippen molar-refractivity contribution >= 4 is 5.91 Å². The smallest absolute Gasteiger partial charge is 0.236 e.